The summed E-state index contributed by atoms with van der Waals surface area (Å²) in [6.07, 6.45) is 3.75. The third-order valence-electron chi connectivity index (χ3n) is 8.03. The van der Waals surface area contributed by atoms with Crippen molar-refractivity contribution in [3.63, 3.8) is 0 Å². The van der Waals surface area contributed by atoms with Crippen molar-refractivity contribution in [2.24, 2.45) is 29.6 Å². The first-order valence-corrected chi connectivity index (χ1v) is 11.4. The summed E-state index contributed by atoms with van der Waals surface area (Å²) in [4.78, 5) is 23.9. The summed E-state index contributed by atoms with van der Waals surface area (Å²) in [5.41, 5.74) is 0.471. The van der Waals surface area contributed by atoms with Crippen LogP contribution in [0.3, 0.4) is 0 Å². The number of carbonyl (C=O) groups is 2. The number of esters is 2. The average Bonchev–Trinajstić information content (AvgIpc) is 3.00. The van der Waals surface area contributed by atoms with Crippen LogP contribution in [-0.4, -0.2) is 48.6 Å². The maximum atomic E-state index is 12.0. The highest BCUT2D eigenvalue weighted by Crippen LogP contribution is 2.57. The summed E-state index contributed by atoms with van der Waals surface area (Å²) in [5, 5.41) is 0. The Morgan fingerprint density at radius 1 is 1.10 bits per heavy atom. The predicted octanol–water partition coefficient (Wildman–Crippen LogP) is 3.67. The van der Waals surface area contributed by atoms with E-state index >= 15 is 0 Å². The third kappa shape index (κ3) is 3.60. The molecule has 0 amide bonds. The van der Waals surface area contributed by atoms with Gasteiger partial charge < -0.3 is 18.9 Å². The number of fused-ring (bicyclic) bond motifs is 2. The van der Waals surface area contributed by atoms with E-state index in [4.69, 9.17) is 18.9 Å². The Morgan fingerprint density at radius 3 is 2.47 bits per heavy atom. The van der Waals surface area contributed by atoms with Crippen LogP contribution in [0, 0.1) is 29.6 Å². The van der Waals surface area contributed by atoms with Gasteiger partial charge in [0.2, 0.25) is 0 Å². The van der Waals surface area contributed by atoms with E-state index in [0.29, 0.717) is 24.9 Å². The van der Waals surface area contributed by atoms with Crippen LogP contribution < -0.4 is 0 Å². The summed E-state index contributed by atoms with van der Waals surface area (Å²) in [6, 6.07) is 0. The van der Waals surface area contributed by atoms with Crippen molar-refractivity contribution in [2.75, 3.05) is 6.61 Å². The van der Waals surface area contributed by atoms with Gasteiger partial charge >= 0.3 is 11.9 Å². The lowest BCUT2D eigenvalue weighted by molar-refractivity contribution is -0.200. The van der Waals surface area contributed by atoms with Crippen molar-refractivity contribution in [2.45, 2.75) is 90.8 Å². The fourth-order valence-corrected chi connectivity index (χ4v) is 6.66. The minimum Gasteiger partial charge on any atom is -0.462 e. The van der Waals surface area contributed by atoms with Gasteiger partial charge in [-0.15, -0.1) is 0 Å². The predicted molar refractivity (Wildman–Crippen MR) is 111 cm³/mol. The fraction of sp³-hybridized carbons (Fsp3) is 0.833. The second kappa shape index (κ2) is 7.94. The van der Waals surface area contributed by atoms with Gasteiger partial charge in [0.05, 0.1) is 18.8 Å². The molecular formula is C24H36O6. The van der Waals surface area contributed by atoms with Crippen molar-refractivity contribution < 1.29 is 28.5 Å². The van der Waals surface area contributed by atoms with E-state index in [2.05, 4.69) is 26.8 Å². The Labute approximate surface area is 179 Å². The summed E-state index contributed by atoms with van der Waals surface area (Å²) in [6.45, 7) is 12.2. The molecule has 10 atom stereocenters. The maximum Gasteiger partial charge on any atom is 0.303 e. The van der Waals surface area contributed by atoms with Gasteiger partial charge in [-0.2, -0.15) is 0 Å². The molecule has 6 heteroatoms. The van der Waals surface area contributed by atoms with Gasteiger partial charge in [-0.3, -0.25) is 9.59 Å². The Balaban J connectivity index is 1.82. The van der Waals surface area contributed by atoms with E-state index in [0.717, 1.165) is 12.8 Å². The second-order valence-electron chi connectivity index (χ2n) is 10.3. The molecule has 0 spiro atoms. The van der Waals surface area contributed by atoms with Gasteiger partial charge in [-0.25, -0.2) is 0 Å². The van der Waals surface area contributed by atoms with Gasteiger partial charge in [-0.1, -0.05) is 25.5 Å². The van der Waals surface area contributed by atoms with Crippen LogP contribution in [0.25, 0.3) is 0 Å². The normalized spacial score (nSPS) is 49.5. The molecule has 2 saturated heterocycles. The molecule has 3 fully saturated rings. The summed E-state index contributed by atoms with van der Waals surface area (Å²) in [5.74, 6) is 0.856. The molecule has 0 aromatic heterocycles. The molecule has 0 N–H and O–H groups in total. The van der Waals surface area contributed by atoms with E-state index in [1.165, 1.54) is 19.4 Å². The molecule has 1 saturated carbocycles. The van der Waals surface area contributed by atoms with Crippen LogP contribution >= 0.6 is 0 Å². The quantitative estimate of drug-likeness (QED) is 0.501. The van der Waals surface area contributed by atoms with Crippen LogP contribution in [0.4, 0.5) is 0 Å². The lowest BCUT2D eigenvalue weighted by Gasteiger charge is -2.47. The molecule has 2 bridgehead atoms. The number of rotatable bonds is 2. The van der Waals surface area contributed by atoms with Crippen LogP contribution in [0.5, 0.6) is 0 Å². The average molecular weight is 421 g/mol. The van der Waals surface area contributed by atoms with Gasteiger partial charge in [0.25, 0.3) is 0 Å². The lowest BCUT2D eigenvalue weighted by atomic mass is 9.59. The monoisotopic (exact) mass is 420 g/mol. The molecule has 0 aromatic rings. The van der Waals surface area contributed by atoms with E-state index in [1.807, 2.05) is 6.92 Å². The number of ether oxygens (including phenoxy) is 4. The second-order valence-corrected chi connectivity index (χ2v) is 10.3. The number of hydrogen-bond donors (Lipinski definition) is 0. The Kier molecular flexibility index (Phi) is 5.77. The first-order chi connectivity index (χ1) is 14.1. The molecular weight excluding hydrogens is 384 g/mol. The topological polar surface area (TPSA) is 71.1 Å². The maximum absolute atomic E-state index is 12.0. The highest BCUT2D eigenvalue weighted by atomic mass is 16.6. The zero-order chi connectivity index (χ0) is 21.8. The summed E-state index contributed by atoms with van der Waals surface area (Å²) >= 11 is 0. The van der Waals surface area contributed by atoms with Crippen LogP contribution in [0.1, 0.15) is 60.8 Å². The van der Waals surface area contributed by atoms with Gasteiger partial charge in [0.1, 0.15) is 17.8 Å². The third-order valence-corrected chi connectivity index (χ3v) is 8.03. The van der Waals surface area contributed by atoms with Crippen molar-refractivity contribution in [1.29, 1.82) is 0 Å². The van der Waals surface area contributed by atoms with E-state index < -0.39 is 11.7 Å². The minimum absolute atomic E-state index is 0.0323. The lowest BCUT2D eigenvalue weighted by Crippen LogP contribution is -2.57. The molecule has 4 rings (SSSR count). The van der Waals surface area contributed by atoms with Gasteiger partial charge in [-0.05, 0) is 44.4 Å². The Morgan fingerprint density at radius 2 is 1.80 bits per heavy atom. The van der Waals surface area contributed by atoms with Crippen molar-refractivity contribution in [3.8, 4) is 0 Å². The first-order valence-electron chi connectivity index (χ1n) is 11.4. The molecule has 0 aromatic carbocycles. The standard InChI is InChI=1S/C24H36O6/c1-12-7-8-19(28-15(4)25)24(6)23-20-17(14(3)11-27-24)10-13(2)22(29-16(5)26)21(20)18(9-12)30-23/h7,13-14,17-23H,8-11H2,1-6H3/b12-7-/t13-,14+,17+,18+,19-,20+,21+,22-,23+,24+/m0/s1. The summed E-state index contributed by atoms with van der Waals surface area (Å²) in [7, 11) is 0. The zero-order valence-corrected chi connectivity index (χ0v) is 19.1. The smallest absolute Gasteiger partial charge is 0.303 e. The van der Waals surface area contributed by atoms with Crippen LogP contribution in [0.2, 0.25) is 0 Å². The van der Waals surface area contributed by atoms with Gasteiger partial charge in [0, 0.05) is 32.1 Å². The van der Waals surface area contributed by atoms with Crippen molar-refractivity contribution in [1.82, 2.24) is 0 Å². The van der Waals surface area contributed by atoms with Crippen molar-refractivity contribution in [3.05, 3.63) is 11.6 Å². The molecule has 30 heavy (non-hydrogen) atoms. The first kappa shape index (κ1) is 21.8. The van der Waals surface area contributed by atoms with E-state index in [1.54, 1.807) is 0 Å². The van der Waals surface area contributed by atoms with Crippen molar-refractivity contribution >= 4 is 11.9 Å². The minimum atomic E-state index is -0.741. The number of hydrogen-bond acceptors (Lipinski definition) is 6. The summed E-state index contributed by atoms with van der Waals surface area (Å²) < 4.78 is 25.1. The highest BCUT2D eigenvalue weighted by molar-refractivity contribution is 5.66. The Bertz CT molecular complexity index is 731. The Hall–Kier alpha value is -1.40. The highest BCUT2D eigenvalue weighted by Gasteiger charge is 2.65. The largest absolute Gasteiger partial charge is 0.462 e. The molecule has 3 aliphatic heterocycles. The van der Waals surface area contributed by atoms with Crippen LogP contribution in [0.15, 0.2) is 11.6 Å². The van der Waals surface area contributed by atoms with Crippen LogP contribution in [-0.2, 0) is 28.5 Å². The van der Waals surface area contributed by atoms with E-state index in [9.17, 15) is 9.59 Å². The molecule has 3 heterocycles. The van der Waals surface area contributed by atoms with Gasteiger partial charge in [0.15, 0.2) is 0 Å². The molecule has 4 aliphatic rings. The number of carbonyl (C=O) groups excluding carboxylic acids is 2. The fourth-order valence-electron chi connectivity index (χ4n) is 6.66. The SMILES string of the molecule is CC(=O)O[C@@H]1[C@H]2[C@H]3[C@H](C[C@@H]1C)[C@H](C)CO[C@]1(C)[C@@H](OC(C)=O)C/C=C(/C)C[C@H]2O[C@H]31. The molecule has 1 aliphatic carbocycles. The molecule has 168 valence electrons. The molecule has 0 radical (unpaired) electrons. The van der Waals surface area contributed by atoms with E-state index in [-0.39, 0.29) is 48.0 Å². The zero-order valence-electron chi connectivity index (χ0n) is 19.1. The molecule has 0 unspecified atom stereocenters. The molecule has 6 nitrogen and oxygen atoms in total.